The van der Waals surface area contributed by atoms with Gasteiger partial charge in [-0.2, -0.15) is 0 Å². The Morgan fingerprint density at radius 1 is 1.25 bits per heavy atom. The Hall–Kier alpha value is -0.980. The van der Waals surface area contributed by atoms with Crippen molar-refractivity contribution in [1.29, 1.82) is 0 Å². The Labute approximate surface area is 99.3 Å². The van der Waals surface area contributed by atoms with Gasteiger partial charge in [0.25, 0.3) is 0 Å². The van der Waals surface area contributed by atoms with Crippen LogP contribution in [-0.4, -0.2) is 6.04 Å². The third-order valence-electron chi connectivity index (χ3n) is 3.91. The predicted octanol–water partition coefficient (Wildman–Crippen LogP) is 4.29. The molecule has 0 bridgehead atoms. The van der Waals surface area contributed by atoms with Crippen LogP contribution in [0.25, 0.3) is 0 Å². The van der Waals surface area contributed by atoms with Crippen LogP contribution < -0.4 is 5.32 Å². The number of hydrogen-bond donors (Lipinski definition) is 1. The fourth-order valence-corrected chi connectivity index (χ4v) is 2.89. The van der Waals surface area contributed by atoms with Crippen molar-refractivity contribution < 1.29 is 0 Å². The summed E-state index contributed by atoms with van der Waals surface area (Å²) >= 11 is 0. The summed E-state index contributed by atoms with van der Waals surface area (Å²) in [5, 5.41) is 3.74. The summed E-state index contributed by atoms with van der Waals surface area (Å²) in [4.78, 5) is 0. The van der Waals surface area contributed by atoms with Gasteiger partial charge < -0.3 is 5.32 Å². The largest absolute Gasteiger partial charge is 0.382 e. The number of anilines is 1. The van der Waals surface area contributed by atoms with Crippen molar-refractivity contribution in [2.24, 2.45) is 5.92 Å². The zero-order valence-electron chi connectivity index (χ0n) is 10.7. The Kier molecular flexibility index (Phi) is 3.52. The molecule has 16 heavy (non-hydrogen) atoms. The Bertz CT molecular complexity index is 356. The third kappa shape index (κ3) is 2.40. The van der Waals surface area contributed by atoms with Crippen molar-refractivity contribution in [1.82, 2.24) is 0 Å². The summed E-state index contributed by atoms with van der Waals surface area (Å²) in [7, 11) is 0. The minimum atomic E-state index is 0.700. The van der Waals surface area contributed by atoms with Gasteiger partial charge in [-0.3, -0.25) is 0 Å². The molecule has 0 heterocycles. The van der Waals surface area contributed by atoms with Crippen LogP contribution in [-0.2, 0) is 0 Å². The van der Waals surface area contributed by atoms with Gasteiger partial charge >= 0.3 is 0 Å². The summed E-state index contributed by atoms with van der Waals surface area (Å²) in [5.41, 5.74) is 4.05. The summed E-state index contributed by atoms with van der Waals surface area (Å²) in [6.45, 7) is 6.67. The van der Waals surface area contributed by atoms with E-state index in [-0.39, 0.29) is 0 Å². The molecule has 1 heteroatoms. The molecule has 88 valence electrons. The van der Waals surface area contributed by atoms with E-state index < -0.39 is 0 Å². The van der Waals surface area contributed by atoms with E-state index in [9.17, 15) is 0 Å². The molecule has 0 amide bonds. The topological polar surface area (TPSA) is 12.0 Å². The first kappa shape index (κ1) is 11.5. The van der Waals surface area contributed by atoms with Crippen LogP contribution in [0.1, 0.15) is 43.7 Å². The first-order valence-corrected chi connectivity index (χ1v) is 6.54. The van der Waals surface area contributed by atoms with Crippen molar-refractivity contribution >= 4 is 5.69 Å². The van der Waals surface area contributed by atoms with Crippen LogP contribution in [0.4, 0.5) is 5.69 Å². The third-order valence-corrected chi connectivity index (χ3v) is 3.91. The summed E-state index contributed by atoms with van der Waals surface area (Å²) in [5.74, 6) is 0.876. The van der Waals surface area contributed by atoms with Gasteiger partial charge in [0.15, 0.2) is 0 Å². The number of aryl methyl sites for hydroxylation is 2. The lowest BCUT2D eigenvalue weighted by molar-refractivity contribution is 0.489. The van der Waals surface area contributed by atoms with Crippen molar-refractivity contribution in [2.75, 3.05) is 5.32 Å². The minimum Gasteiger partial charge on any atom is -0.382 e. The molecule has 1 nitrogen and oxygen atoms in total. The highest BCUT2D eigenvalue weighted by atomic mass is 14.9. The van der Waals surface area contributed by atoms with E-state index >= 15 is 0 Å². The lowest BCUT2D eigenvalue weighted by Crippen LogP contribution is -2.23. The first-order valence-electron chi connectivity index (χ1n) is 6.54. The van der Waals surface area contributed by atoms with Crippen molar-refractivity contribution in [3.8, 4) is 0 Å². The first-order chi connectivity index (χ1) is 7.70. The SMILES string of the molecule is CCC1CCCC1Nc1ccc(C)cc1C. The highest BCUT2D eigenvalue weighted by molar-refractivity contribution is 5.52. The fourth-order valence-electron chi connectivity index (χ4n) is 2.89. The van der Waals surface area contributed by atoms with Crippen molar-refractivity contribution in [3.05, 3.63) is 29.3 Å². The number of hydrogen-bond acceptors (Lipinski definition) is 1. The maximum absolute atomic E-state index is 3.74. The van der Waals surface area contributed by atoms with Crippen molar-refractivity contribution in [2.45, 2.75) is 52.5 Å². The number of rotatable bonds is 3. The Balaban J connectivity index is 2.08. The minimum absolute atomic E-state index is 0.700. The maximum Gasteiger partial charge on any atom is 0.0372 e. The predicted molar refractivity (Wildman–Crippen MR) is 71.0 cm³/mol. The van der Waals surface area contributed by atoms with E-state index in [1.54, 1.807) is 0 Å². The van der Waals surface area contributed by atoms with Gasteiger partial charge in [0.2, 0.25) is 0 Å². The van der Waals surface area contributed by atoms with Crippen LogP contribution in [0.5, 0.6) is 0 Å². The summed E-state index contributed by atoms with van der Waals surface area (Å²) in [6, 6.07) is 7.39. The van der Waals surface area contributed by atoms with Gasteiger partial charge in [-0.25, -0.2) is 0 Å². The van der Waals surface area contributed by atoms with E-state index in [2.05, 4.69) is 44.3 Å². The monoisotopic (exact) mass is 217 g/mol. The Morgan fingerprint density at radius 3 is 2.75 bits per heavy atom. The maximum atomic E-state index is 3.74. The molecular weight excluding hydrogens is 194 g/mol. The average Bonchev–Trinajstić information content (AvgIpc) is 2.69. The number of benzene rings is 1. The van der Waals surface area contributed by atoms with Crippen LogP contribution in [0.2, 0.25) is 0 Å². The van der Waals surface area contributed by atoms with Gasteiger partial charge in [-0.1, -0.05) is 37.5 Å². The molecule has 1 N–H and O–H groups in total. The average molecular weight is 217 g/mol. The molecule has 1 fully saturated rings. The molecule has 0 aromatic heterocycles. The molecule has 1 aliphatic rings. The van der Waals surface area contributed by atoms with Crippen LogP contribution in [0.3, 0.4) is 0 Å². The van der Waals surface area contributed by atoms with E-state index in [4.69, 9.17) is 0 Å². The van der Waals surface area contributed by atoms with Gasteiger partial charge in [0, 0.05) is 11.7 Å². The molecule has 1 aromatic rings. The summed E-state index contributed by atoms with van der Waals surface area (Å²) < 4.78 is 0. The second kappa shape index (κ2) is 4.90. The zero-order chi connectivity index (χ0) is 11.5. The van der Waals surface area contributed by atoms with E-state index in [0.29, 0.717) is 6.04 Å². The highest BCUT2D eigenvalue weighted by Crippen LogP contribution is 2.31. The molecule has 1 aromatic carbocycles. The van der Waals surface area contributed by atoms with E-state index in [0.717, 1.165) is 5.92 Å². The quantitative estimate of drug-likeness (QED) is 0.796. The smallest absolute Gasteiger partial charge is 0.0372 e. The summed E-state index contributed by atoms with van der Waals surface area (Å²) in [6.07, 6.45) is 5.44. The molecule has 1 saturated carbocycles. The molecule has 0 saturated heterocycles. The standard InChI is InChI=1S/C15H23N/c1-4-13-6-5-7-15(13)16-14-9-8-11(2)10-12(14)3/h8-10,13,15-16H,4-7H2,1-3H3. The lowest BCUT2D eigenvalue weighted by atomic mass is 10.00. The van der Waals surface area contributed by atoms with Crippen molar-refractivity contribution in [3.63, 3.8) is 0 Å². The molecule has 2 atom stereocenters. The van der Waals surface area contributed by atoms with E-state index in [1.165, 1.54) is 42.5 Å². The van der Waals surface area contributed by atoms with Gasteiger partial charge in [-0.15, -0.1) is 0 Å². The van der Waals surface area contributed by atoms with E-state index in [1.807, 2.05) is 0 Å². The molecule has 0 radical (unpaired) electrons. The lowest BCUT2D eigenvalue weighted by Gasteiger charge is -2.22. The number of nitrogens with one attached hydrogen (secondary N) is 1. The Morgan fingerprint density at radius 2 is 2.06 bits per heavy atom. The normalized spacial score (nSPS) is 24.7. The van der Waals surface area contributed by atoms with Gasteiger partial charge in [-0.05, 0) is 44.2 Å². The second-order valence-corrected chi connectivity index (χ2v) is 5.17. The van der Waals surface area contributed by atoms with Crippen LogP contribution in [0.15, 0.2) is 18.2 Å². The van der Waals surface area contributed by atoms with Crippen LogP contribution >= 0.6 is 0 Å². The molecular formula is C15H23N. The van der Waals surface area contributed by atoms with Crippen LogP contribution in [0, 0.1) is 19.8 Å². The van der Waals surface area contributed by atoms with Gasteiger partial charge in [0.05, 0.1) is 0 Å². The molecule has 2 rings (SSSR count). The zero-order valence-corrected chi connectivity index (χ0v) is 10.7. The molecule has 2 unspecified atom stereocenters. The second-order valence-electron chi connectivity index (χ2n) is 5.17. The van der Waals surface area contributed by atoms with Gasteiger partial charge in [0.1, 0.15) is 0 Å². The fraction of sp³-hybridized carbons (Fsp3) is 0.600. The molecule has 1 aliphatic carbocycles. The molecule has 0 aliphatic heterocycles. The molecule has 0 spiro atoms. The highest BCUT2D eigenvalue weighted by Gasteiger charge is 2.25.